The molecular formula is C12H16ClNO2. The van der Waals surface area contributed by atoms with E-state index in [1.807, 2.05) is 6.07 Å². The van der Waals surface area contributed by atoms with E-state index in [0.717, 1.165) is 25.1 Å². The Morgan fingerprint density at radius 1 is 1.38 bits per heavy atom. The van der Waals surface area contributed by atoms with Crippen molar-refractivity contribution in [1.82, 2.24) is 5.32 Å². The third-order valence-electron chi connectivity index (χ3n) is 2.78. The second kappa shape index (κ2) is 5.87. The van der Waals surface area contributed by atoms with Crippen LogP contribution in [0.15, 0.2) is 18.2 Å². The Morgan fingerprint density at radius 2 is 2.19 bits per heavy atom. The van der Waals surface area contributed by atoms with Crippen LogP contribution in [-0.4, -0.2) is 17.6 Å². The van der Waals surface area contributed by atoms with E-state index in [9.17, 15) is 4.79 Å². The minimum atomic E-state index is -0.731. The van der Waals surface area contributed by atoms with Gasteiger partial charge in [0, 0.05) is 13.0 Å². The van der Waals surface area contributed by atoms with Crippen molar-refractivity contribution in [3.8, 4) is 0 Å². The van der Waals surface area contributed by atoms with Crippen molar-refractivity contribution >= 4 is 18.4 Å². The molecule has 88 valence electrons. The van der Waals surface area contributed by atoms with Gasteiger partial charge >= 0.3 is 5.97 Å². The molecule has 2 N–H and O–H groups in total. The minimum Gasteiger partial charge on any atom is -0.481 e. The van der Waals surface area contributed by atoms with Crippen molar-refractivity contribution in [3.63, 3.8) is 0 Å². The highest BCUT2D eigenvalue weighted by Gasteiger charge is 2.09. The molecule has 0 fully saturated rings. The number of hydrogen-bond donors (Lipinski definition) is 2. The molecule has 0 aromatic heterocycles. The van der Waals surface area contributed by atoms with Crippen molar-refractivity contribution in [2.75, 3.05) is 6.54 Å². The van der Waals surface area contributed by atoms with Gasteiger partial charge in [0.25, 0.3) is 0 Å². The van der Waals surface area contributed by atoms with Gasteiger partial charge in [0.1, 0.15) is 0 Å². The van der Waals surface area contributed by atoms with Gasteiger partial charge in [0.05, 0.1) is 0 Å². The number of halogens is 1. The summed E-state index contributed by atoms with van der Waals surface area (Å²) < 4.78 is 0. The number of carbonyl (C=O) groups is 1. The van der Waals surface area contributed by atoms with Crippen molar-refractivity contribution in [2.24, 2.45) is 0 Å². The Morgan fingerprint density at radius 3 is 2.94 bits per heavy atom. The largest absolute Gasteiger partial charge is 0.481 e. The van der Waals surface area contributed by atoms with Gasteiger partial charge in [-0.3, -0.25) is 4.79 Å². The zero-order valence-electron chi connectivity index (χ0n) is 9.03. The highest BCUT2D eigenvalue weighted by Crippen LogP contribution is 2.16. The summed E-state index contributed by atoms with van der Waals surface area (Å²) in [5.74, 6) is -0.731. The first-order valence-corrected chi connectivity index (χ1v) is 5.29. The molecule has 0 amide bonds. The highest BCUT2D eigenvalue weighted by atomic mass is 35.5. The first-order chi connectivity index (χ1) is 7.25. The Labute approximate surface area is 101 Å². The zero-order chi connectivity index (χ0) is 10.7. The van der Waals surface area contributed by atoms with Crippen LogP contribution in [-0.2, 0) is 24.2 Å². The smallest absolute Gasteiger partial charge is 0.303 e. The van der Waals surface area contributed by atoms with Gasteiger partial charge in [0.2, 0.25) is 0 Å². The van der Waals surface area contributed by atoms with Gasteiger partial charge in [-0.1, -0.05) is 18.2 Å². The first-order valence-electron chi connectivity index (χ1n) is 5.29. The molecule has 0 saturated heterocycles. The summed E-state index contributed by atoms with van der Waals surface area (Å²) in [4.78, 5) is 10.4. The average Bonchev–Trinajstić information content (AvgIpc) is 2.26. The van der Waals surface area contributed by atoms with Crippen LogP contribution in [0.4, 0.5) is 0 Å². The number of aliphatic carboxylic acids is 1. The van der Waals surface area contributed by atoms with E-state index in [-0.39, 0.29) is 18.8 Å². The summed E-state index contributed by atoms with van der Waals surface area (Å²) >= 11 is 0. The summed E-state index contributed by atoms with van der Waals surface area (Å²) in [6.45, 7) is 1.96. The van der Waals surface area contributed by atoms with E-state index < -0.39 is 5.97 Å². The number of hydrogen-bond acceptors (Lipinski definition) is 2. The molecule has 0 spiro atoms. The molecule has 0 saturated carbocycles. The molecule has 16 heavy (non-hydrogen) atoms. The van der Waals surface area contributed by atoms with Gasteiger partial charge < -0.3 is 10.4 Å². The van der Waals surface area contributed by atoms with Crippen LogP contribution in [0.1, 0.15) is 23.1 Å². The monoisotopic (exact) mass is 241 g/mol. The number of benzene rings is 1. The number of fused-ring (bicyclic) bond motifs is 1. The first kappa shape index (κ1) is 13.0. The maximum absolute atomic E-state index is 10.4. The third-order valence-corrected chi connectivity index (χ3v) is 2.78. The molecule has 0 atom stereocenters. The summed E-state index contributed by atoms with van der Waals surface area (Å²) in [5.41, 5.74) is 3.84. The fourth-order valence-corrected chi connectivity index (χ4v) is 1.94. The van der Waals surface area contributed by atoms with Crippen LogP contribution in [0, 0.1) is 0 Å². The molecule has 1 heterocycles. The third kappa shape index (κ3) is 3.22. The number of carboxylic acid groups (broad SMARTS) is 1. The van der Waals surface area contributed by atoms with Gasteiger partial charge in [-0.15, -0.1) is 12.4 Å². The van der Waals surface area contributed by atoms with E-state index in [4.69, 9.17) is 5.11 Å². The predicted octanol–water partition coefficient (Wildman–Crippen LogP) is 1.77. The minimum absolute atomic E-state index is 0. The number of rotatable bonds is 3. The second-order valence-corrected chi connectivity index (χ2v) is 3.92. The quantitative estimate of drug-likeness (QED) is 0.848. The van der Waals surface area contributed by atoms with E-state index in [0.29, 0.717) is 6.42 Å². The molecule has 1 aliphatic rings. The molecule has 1 aromatic rings. The van der Waals surface area contributed by atoms with Crippen LogP contribution < -0.4 is 5.32 Å². The zero-order valence-corrected chi connectivity index (χ0v) is 9.85. The second-order valence-electron chi connectivity index (χ2n) is 3.92. The van der Waals surface area contributed by atoms with Crippen LogP contribution in [0.3, 0.4) is 0 Å². The van der Waals surface area contributed by atoms with Crippen LogP contribution >= 0.6 is 12.4 Å². The molecule has 2 rings (SSSR count). The molecule has 0 unspecified atom stereocenters. The number of aryl methyl sites for hydroxylation is 1. The summed E-state index contributed by atoms with van der Waals surface area (Å²) in [7, 11) is 0. The van der Waals surface area contributed by atoms with E-state index in [1.54, 1.807) is 0 Å². The lowest BCUT2D eigenvalue weighted by molar-refractivity contribution is -0.136. The Bertz CT molecular complexity index is 379. The van der Waals surface area contributed by atoms with Gasteiger partial charge in [-0.05, 0) is 36.1 Å². The molecule has 0 aliphatic carbocycles. The topological polar surface area (TPSA) is 49.3 Å². The molecule has 3 nitrogen and oxygen atoms in total. The Balaban J connectivity index is 0.00000128. The van der Waals surface area contributed by atoms with Crippen LogP contribution in [0.2, 0.25) is 0 Å². The fourth-order valence-electron chi connectivity index (χ4n) is 1.94. The lowest BCUT2D eigenvalue weighted by atomic mass is 9.97. The lowest BCUT2D eigenvalue weighted by Gasteiger charge is -2.17. The maximum Gasteiger partial charge on any atom is 0.303 e. The maximum atomic E-state index is 10.4. The van der Waals surface area contributed by atoms with Crippen LogP contribution in [0.25, 0.3) is 0 Å². The van der Waals surface area contributed by atoms with E-state index >= 15 is 0 Å². The predicted molar refractivity (Wildman–Crippen MR) is 65.1 cm³/mol. The average molecular weight is 242 g/mol. The number of nitrogens with one attached hydrogen (secondary N) is 1. The van der Waals surface area contributed by atoms with E-state index in [1.165, 1.54) is 11.1 Å². The fraction of sp³-hybridized carbons (Fsp3) is 0.417. The molecular weight excluding hydrogens is 226 g/mol. The highest BCUT2D eigenvalue weighted by molar-refractivity contribution is 5.85. The molecule has 4 heteroatoms. The Kier molecular flexibility index (Phi) is 4.77. The summed E-state index contributed by atoms with van der Waals surface area (Å²) in [6, 6.07) is 6.31. The van der Waals surface area contributed by atoms with Crippen LogP contribution in [0.5, 0.6) is 0 Å². The summed E-state index contributed by atoms with van der Waals surface area (Å²) in [6.07, 6.45) is 1.92. The Hall–Kier alpha value is -1.06. The molecule has 1 aromatic carbocycles. The van der Waals surface area contributed by atoms with Crippen molar-refractivity contribution < 1.29 is 9.90 Å². The van der Waals surface area contributed by atoms with E-state index in [2.05, 4.69) is 17.4 Å². The SMILES string of the molecule is Cl.O=C(O)CCc1ccc2c(c1)CNCC2. The lowest BCUT2D eigenvalue weighted by Crippen LogP contribution is -2.23. The molecule has 1 aliphatic heterocycles. The van der Waals surface area contributed by atoms with Gasteiger partial charge in [-0.25, -0.2) is 0 Å². The summed E-state index contributed by atoms with van der Waals surface area (Å²) in [5, 5.41) is 11.9. The van der Waals surface area contributed by atoms with Gasteiger partial charge in [0.15, 0.2) is 0 Å². The molecule has 0 bridgehead atoms. The normalized spacial score (nSPS) is 13.8. The standard InChI is InChI=1S/C12H15NO2.ClH/c14-12(15)4-2-9-1-3-10-5-6-13-8-11(10)7-9;/h1,3,7,13H,2,4-6,8H2,(H,14,15);1H. The molecule has 0 radical (unpaired) electrons. The number of carboxylic acids is 1. The van der Waals surface area contributed by atoms with Crippen molar-refractivity contribution in [2.45, 2.75) is 25.8 Å². The van der Waals surface area contributed by atoms with Crippen molar-refractivity contribution in [3.05, 3.63) is 34.9 Å². The van der Waals surface area contributed by atoms with Crippen molar-refractivity contribution in [1.29, 1.82) is 0 Å². The van der Waals surface area contributed by atoms with Gasteiger partial charge in [-0.2, -0.15) is 0 Å².